The number of fused-ring (bicyclic) bond motifs is 1. The summed E-state index contributed by atoms with van der Waals surface area (Å²) in [7, 11) is 0. The monoisotopic (exact) mass is 498 g/mol. The SMILES string of the molecule is Nc1nc(CSCC(=O)Nc2ccc3c(c2)OC2(CCCC2)O3)nc(Nc2ccc(Cl)cc2)n1. The van der Waals surface area contributed by atoms with E-state index in [0.717, 1.165) is 37.1 Å². The molecule has 9 nitrogen and oxygen atoms in total. The summed E-state index contributed by atoms with van der Waals surface area (Å²) in [5.41, 5.74) is 7.27. The molecule has 4 N–H and O–H groups in total. The normalized spacial score (nSPS) is 15.4. The fraction of sp³-hybridized carbons (Fsp3) is 0.304. The molecule has 1 spiro atoms. The van der Waals surface area contributed by atoms with Gasteiger partial charge in [0, 0.05) is 35.3 Å². The van der Waals surface area contributed by atoms with Gasteiger partial charge < -0.3 is 25.8 Å². The maximum atomic E-state index is 12.5. The Morgan fingerprint density at radius 2 is 1.76 bits per heavy atom. The minimum Gasteiger partial charge on any atom is -0.448 e. The number of halogens is 1. The Balaban J connectivity index is 1.13. The number of hydrogen-bond acceptors (Lipinski definition) is 9. The zero-order valence-corrected chi connectivity index (χ0v) is 19.8. The van der Waals surface area contributed by atoms with Crippen LogP contribution in [0.15, 0.2) is 42.5 Å². The van der Waals surface area contributed by atoms with Crippen molar-refractivity contribution in [2.75, 3.05) is 22.1 Å². The lowest BCUT2D eigenvalue weighted by atomic mass is 10.2. The molecule has 2 heterocycles. The van der Waals surface area contributed by atoms with Crippen molar-refractivity contribution in [2.24, 2.45) is 0 Å². The van der Waals surface area contributed by atoms with Crippen LogP contribution in [-0.2, 0) is 10.5 Å². The minimum absolute atomic E-state index is 0.104. The highest BCUT2D eigenvalue weighted by Gasteiger charge is 2.44. The van der Waals surface area contributed by atoms with Crippen LogP contribution in [0.2, 0.25) is 5.02 Å². The first-order valence-corrected chi connectivity index (χ1v) is 12.4. The van der Waals surface area contributed by atoms with E-state index in [0.29, 0.717) is 34.0 Å². The Hall–Kier alpha value is -3.24. The van der Waals surface area contributed by atoms with Crippen molar-refractivity contribution in [3.63, 3.8) is 0 Å². The number of hydrogen-bond donors (Lipinski definition) is 3. The van der Waals surface area contributed by atoms with Crippen molar-refractivity contribution >= 4 is 52.5 Å². The highest BCUT2D eigenvalue weighted by Crippen LogP contribution is 2.47. The summed E-state index contributed by atoms with van der Waals surface area (Å²) in [5, 5.41) is 6.61. The van der Waals surface area contributed by atoms with Crippen LogP contribution in [0, 0.1) is 0 Å². The van der Waals surface area contributed by atoms with Gasteiger partial charge >= 0.3 is 0 Å². The van der Waals surface area contributed by atoms with Crippen molar-refractivity contribution in [2.45, 2.75) is 37.2 Å². The molecule has 0 radical (unpaired) electrons. The quantitative estimate of drug-likeness (QED) is 0.422. The highest BCUT2D eigenvalue weighted by molar-refractivity contribution is 7.99. The number of anilines is 4. The molecule has 2 aliphatic rings. The standard InChI is InChI=1S/C23H23ClN6O3S/c24-14-3-5-15(6-4-14)27-22-29-19(28-21(25)30-22)12-34-13-20(31)26-16-7-8-17-18(11-16)33-23(32-17)9-1-2-10-23/h3-8,11H,1-2,9-10,12-13H2,(H,26,31)(H3,25,27,28,29,30). The topological polar surface area (TPSA) is 124 Å². The number of carbonyl (C=O) groups excluding carboxylic acids is 1. The van der Waals surface area contributed by atoms with Crippen molar-refractivity contribution < 1.29 is 14.3 Å². The van der Waals surface area contributed by atoms with Gasteiger partial charge in [0.25, 0.3) is 5.79 Å². The second-order valence-electron chi connectivity index (χ2n) is 8.09. The molecule has 34 heavy (non-hydrogen) atoms. The van der Waals surface area contributed by atoms with Crippen LogP contribution in [0.4, 0.5) is 23.3 Å². The first-order chi connectivity index (χ1) is 16.5. The molecule has 1 aromatic heterocycles. The van der Waals surface area contributed by atoms with Crippen LogP contribution in [-0.4, -0.2) is 32.4 Å². The van der Waals surface area contributed by atoms with Gasteiger partial charge in [-0.15, -0.1) is 11.8 Å². The molecular weight excluding hydrogens is 476 g/mol. The van der Waals surface area contributed by atoms with Crippen LogP contribution in [0.3, 0.4) is 0 Å². The van der Waals surface area contributed by atoms with Crippen LogP contribution in [0.5, 0.6) is 11.5 Å². The summed E-state index contributed by atoms with van der Waals surface area (Å²) in [5.74, 6) is 2.28. The molecule has 1 aliphatic carbocycles. The van der Waals surface area contributed by atoms with E-state index in [1.54, 1.807) is 12.1 Å². The molecule has 0 unspecified atom stereocenters. The average Bonchev–Trinajstić information content (AvgIpc) is 3.40. The molecule has 1 aliphatic heterocycles. The molecule has 0 atom stereocenters. The molecule has 1 fully saturated rings. The summed E-state index contributed by atoms with van der Waals surface area (Å²) < 4.78 is 12.1. The van der Waals surface area contributed by atoms with E-state index in [4.69, 9.17) is 26.8 Å². The molecule has 5 rings (SSSR count). The molecule has 3 aromatic rings. The van der Waals surface area contributed by atoms with Crippen molar-refractivity contribution in [1.29, 1.82) is 0 Å². The number of nitrogens with two attached hydrogens (primary N) is 1. The second kappa shape index (κ2) is 9.55. The van der Waals surface area contributed by atoms with Gasteiger partial charge in [0.1, 0.15) is 5.82 Å². The van der Waals surface area contributed by atoms with E-state index >= 15 is 0 Å². The molecule has 0 saturated heterocycles. The third-order valence-electron chi connectivity index (χ3n) is 5.45. The van der Waals surface area contributed by atoms with Gasteiger partial charge in [-0.05, 0) is 49.2 Å². The number of nitrogen functional groups attached to an aromatic ring is 1. The third kappa shape index (κ3) is 5.28. The van der Waals surface area contributed by atoms with E-state index < -0.39 is 5.79 Å². The summed E-state index contributed by atoms with van der Waals surface area (Å²) in [6, 6.07) is 12.6. The number of thioether (sulfide) groups is 1. The first kappa shape index (κ1) is 22.5. The van der Waals surface area contributed by atoms with Crippen LogP contribution in [0.25, 0.3) is 0 Å². The summed E-state index contributed by atoms with van der Waals surface area (Å²) in [6.07, 6.45) is 3.97. The van der Waals surface area contributed by atoms with E-state index in [1.165, 1.54) is 11.8 Å². The maximum absolute atomic E-state index is 12.5. The number of ether oxygens (including phenoxy) is 2. The van der Waals surface area contributed by atoms with Crippen LogP contribution >= 0.6 is 23.4 Å². The lowest BCUT2D eigenvalue weighted by Crippen LogP contribution is -2.34. The summed E-state index contributed by atoms with van der Waals surface area (Å²) >= 11 is 7.29. The van der Waals surface area contributed by atoms with Crippen LogP contribution in [0.1, 0.15) is 31.5 Å². The van der Waals surface area contributed by atoms with Gasteiger partial charge in [-0.1, -0.05) is 11.6 Å². The van der Waals surface area contributed by atoms with Gasteiger partial charge in [0.05, 0.1) is 11.5 Å². The smallest absolute Gasteiger partial charge is 0.251 e. The number of amides is 1. The van der Waals surface area contributed by atoms with Gasteiger partial charge in [0.2, 0.25) is 17.8 Å². The first-order valence-electron chi connectivity index (χ1n) is 10.9. The predicted octanol–water partition coefficient (Wildman–Crippen LogP) is 4.76. The zero-order chi connectivity index (χ0) is 23.5. The molecule has 1 saturated carbocycles. The predicted molar refractivity (Wildman–Crippen MR) is 133 cm³/mol. The number of benzene rings is 2. The van der Waals surface area contributed by atoms with Crippen LogP contribution < -0.4 is 25.8 Å². The summed E-state index contributed by atoms with van der Waals surface area (Å²) in [6.45, 7) is 0. The number of nitrogens with one attached hydrogen (secondary N) is 2. The molecule has 2 aromatic carbocycles. The summed E-state index contributed by atoms with van der Waals surface area (Å²) in [4.78, 5) is 25.1. The van der Waals surface area contributed by atoms with E-state index in [-0.39, 0.29) is 17.6 Å². The molecular formula is C23H23ClN6O3S. The lowest BCUT2D eigenvalue weighted by Gasteiger charge is -2.21. The molecule has 176 valence electrons. The van der Waals surface area contributed by atoms with E-state index in [1.807, 2.05) is 30.3 Å². The highest BCUT2D eigenvalue weighted by atomic mass is 35.5. The average molecular weight is 499 g/mol. The van der Waals surface area contributed by atoms with Crippen molar-refractivity contribution in [3.05, 3.63) is 53.3 Å². The number of rotatable bonds is 7. The van der Waals surface area contributed by atoms with Gasteiger partial charge in [-0.3, -0.25) is 4.79 Å². The zero-order valence-electron chi connectivity index (χ0n) is 18.2. The largest absolute Gasteiger partial charge is 0.448 e. The van der Waals surface area contributed by atoms with Gasteiger partial charge in [-0.25, -0.2) is 0 Å². The Bertz CT molecular complexity index is 1200. The Kier molecular flexibility index (Phi) is 6.34. The maximum Gasteiger partial charge on any atom is 0.251 e. The Labute approximate surface area is 205 Å². The molecule has 0 bridgehead atoms. The second-order valence-corrected chi connectivity index (χ2v) is 9.51. The minimum atomic E-state index is -0.519. The van der Waals surface area contributed by atoms with E-state index in [2.05, 4.69) is 25.6 Å². The van der Waals surface area contributed by atoms with Gasteiger partial charge in [-0.2, -0.15) is 15.0 Å². The Morgan fingerprint density at radius 3 is 2.56 bits per heavy atom. The van der Waals surface area contributed by atoms with Crippen molar-refractivity contribution in [3.8, 4) is 11.5 Å². The molecule has 1 amide bonds. The molecule has 11 heteroatoms. The fourth-order valence-corrected chi connectivity index (χ4v) is 4.74. The third-order valence-corrected chi connectivity index (χ3v) is 6.63. The van der Waals surface area contributed by atoms with E-state index in [9.17, 15) is 4.79 Å². The fourth-order valence-electron chi connectivity index (χ4n) is 3.94. The number of nitrogens with zero attached hydrogens (tertiary/aromatic N) is 3. The van der Waals surface area contributed by atoms with Crippen molar-refractivity contribution in [1.82, 2.24) is 15.0 Å². The Morgan fingerprint density at radius 1 is 1.03 bits per heavy atom. The van der Waals surface area contributed by atoms with Gasteiger partial charge in [0.15, 0.2) is 11.5 Å². The number of aromatic nitrogens is 3. The lowest BCUT2D eigenvalue weighted by molar-refractivity contribution is -0.113. The number of carbonyl (C=O) groups is 1.